The Balaban J connectivity index is 2.21. The maximum atomic E-state index is 14.3. The molecule has 33 heteroatoms. The van der Waals surface area contributed by atoms with Crippen LogP contribution in [0, 0.1) is 17.8 Å². The molecule has 1 aliphatic heterocycles. The third-order valence-corrected chi connectivity index (χ3v) is 14.4. The molecule has 0 aliphatic carbocycles. The molecule has 490 valence electrons. The van der Waals surface area contributed by atoms with Gasteiger partial charge >= 0.3 is 11.9 Å². The van der Waals surface area contributed by atoms with Crippen LogP contribution in [-0.4, -0.2) is 218 Å². The van der Waals surface area contributed by atoms with Gasteiger partial charge < -0.3 is 89.3 Å². The number of phenols is 1. The van der Waals surface area contributed by atoms with Crippen LogP contribution >= 0.6 is 11.8 Å². The number of nitrogens with one attached hydrogen (secondary N) is 10. The summed E-state index contributed by atoms with van der Waals surface area (Å²) in [6, 6.07) is -9.18. The Bertz CT molecular complexity index is 2680. The standard InChI is InChI=1S/C55H84N12O20S/c1-26(2)42(45(77)54(86)57-23-39(72)59-34(19-21-88-8)48(80)63-37(25-69)51(83)61-35(22-30-11-13-31(71)14-12-30)50(82)62-36(24-68)46(56)78)64-52(84)38-10-9-20-67(38)55(87)44(28(5)6)66-53(85)43(27(3)4)65-49(81)33(16-18-41(75)76)60-47(79)32(58-29(7)70)15-17-40(73)74/h11-14,26-28,32-38,42-44,68-69,71H,9-10,15-25H2,1-8H3,(H2,56,78)(H,57,86)(H,58,70)(H,59,72)(H,60,79)(H,61,83)(H,62,82)(H,63,80)(H,64,84)(H,65,81)(H,66,85)(H,73,74)(H,75,76)/t32-,33-,34-,35-,36-,37-,38?,42-,43-,44-/m0/s1. The molecule has 0 radical (unpaired) electrons. The summed E-state index contributed by atoms with van der Waals surface area (Å²) in [5.41, 5.74) is 5.65. The van der Waals surface area contributed by atoms with Crippen molar-refractivity contribution in [1.82, 2.24) is 58.1 Å². The van der Waals surface area contributed by atoms with Crippen molar-refractivity contribution in [3.63, 3.8) is 0 Å². The highest BCUT2D eigenvalue weighted by Gasteiger charge is 2.42. The first kappa shape index (κ1) is 75.6. The predicted molar refractivity (Wildman–Crippen MR) is 312 cm³/mol. The normalized spacial score (nSPS) is 15.9. The van der Waals surface area contributed by atoms with Gasteiger partial charge in [0.15, 0.2) is 0 Å². The maximum Gasteiger partial charge on any atom is 0.303 e. The molecule has 0 aromatic heterocycles. The molecular weight excluding hydrogens is 1180 g/mol. The van der Waals surface area contributed by atoms with E-state index in [-0.39, 0.29) is 43.7 Å². The Labute approximate surface area is 511 Å². The number of carbonyl (C=O) groups is 15. The molecule has 88 heavy (non-hydrogen) atoms. The van der Waals surface area contributed by atoms with Crippen molar-refractivity contribution in [1.29, 1.82) is 0 Å². The van der Waals surface area contributed by atoms with Gasteiger partial charge in [0.25, 0.3) is 5.91 Å². The summed E-state index contributed by atoms with van der Waals surface area (Å²) in [5.74, 6) is -17.4. The van der Waals surface area contributed by atoms with Gasteiger partial charge in [-0.2, -0.15) is 11.8 Å². The van der Waals surface area contributed by atoms with Gasteiger partial charge in [-0.1, -0.05) is 53.7 Å². The summed E-state index contributed by atoms with van der Waals surface area (Å²) < 4.78 is 0. The van der Waals surface area contributed by atoms with Crippen LogP contribution in [0.4, 0.5) is 0 Å². The fourth-order valence-electron chi connectivity index (χ4n) is 8.84. The number of ketones is 1. The number of thioether (sulfide) groups is 1. The number of aliphatic hydroxyl groups is 2. The first-order chi connectivity index (χ1) is 41.3. The van der Waals surface area contributed by atoms with E-state index in [1.807, 2.05) is 0 Å². The van der Waals surface area contributed by atoms with Crippen molar-refractivity contribution >= 4 is 100 Å². The highest BCUT2D eigenvalue weighted by Crippen LogP contribution is 2.22. The van der Waals surface area contributed by atoms with Crippen LogP contribution in [0.3, 0.4) is 0 Å². The molecule has 1 saturated heterocycles. The number of aromatic hydroxyl groups is 1. The van der Waals surface area contributed by atoms with Crippen molar-refractivity contribution in [2.45, 2.75) is 160 Å². The summed E-state index contributed by atoms with van der Waals surface area (Å²) in [7, 11) is 0. The molecule has 0 spiro atoms. The lowest BCUT2D eigenvalue weighted by Gasteiger charge is -2.33. The SMILES string of the molecule is CSCC[C@H](NC(=O)CNC(=O)C(=O)[C@@H](NC(=O)C1CCCN1C(=O)[C@@H](NC(=O)[C@@H](NC(=O)[C@H](CCC(=O)O)NC(=O)[C@H](CCC(=O)O)NC(C)=O)C(C)C)C(C)C)C(C)C)C(=O)N[C@@H](CO)C(=O)N[C@@H](Cc1ccc(O)cc1)C(=O)N[C@@H](CO)C(N)=O. The van der Waals surface area contributed by atoms with Crippen molar-refractivity contribution in [3.8, 4) is 5.75 Å². The average molecular weight is 1270 g/mol. The number of nitrogens with zero attached hydrogens (tertiary/aromatic N) is 1. The Hall–Kier alpha value is -8.46. The Morgan fingerprint density at radius 2 is 1.05 bits per heavy atom. The van der Waals surface area contributed by atoms with E-state index in [0.717, 1.165) is 6.92 Å². The number of carbonyl (C=O) groups excluding carboxylic acids is 13. The molecule has 1 unspecified atom stereocenters. The van der Waals surface area contributed by atoms with Gasteiger partial charge in [-0.15, -0.1) is 0 Å². The van der Waals surface area contributed by atoms with Crippen LogP contribution in [0.5, 0.6) is 5.75 Å². The summed E-state index contributed by atoms with van der Waals surface area (Å²) in [6.45, 7) is 7.63. The van der Waals surface area contributed by atoms with Gasteiger partial charge in [-0.05, 0) is 79.6 Å². The number of likely N-dealkylation sites (tertiary alicyclic amines) is 1. The van der Waals surface area contributed by atoms with E-state index in [0.29, 0.717) is 12.0 Å². The zero-order chi connectivity index (χ0) is 66.7. The molecule has 1 aromatic carbocycles. The molecule has 1 fully saturated rings. The van der Waals surface area contributed by atoms with Gasteiger partial charge in [-0.3, -0.25) is 71.9 Å². The van der Waals surface area contributed by atoms with Crippen molar-refractivity contribution in [2.24, 2.45) is 23.5 Å². The van der Waals surface area contributed by atoms with Crippen LogP contribution in [0.2, 0.25) is 0 Å². The summed E-state index contributed by atoms with van der Waals surface area (Å²) in [6.07, 6.45) is -0.260. The molecule has 0 bridgehead atoms. The molecule has 10 atom stereocenters. The number of amides is 12. The van der Waals surface area contributed by atoms with Crippen molar-refractivity contribution in [3.05, 3.63) is 29.8 Å². The molecule has 17 N–H and O–H groups in total. The second kappa shape index (κ2) is 37.3. The van der Waals surface area contributed by atoms with Crippen molar-refractivity contribution < 1.29 is 97.5 Å². The van der Waals surface area contributed by atoms with Gasteiger partial charge in [0.1, 0.15) is 60.1 Å². The number of aliphatic carboxylic acids is 2. The number of rotatable bonds is 38. The molecule has 2 rings (SSSR count). The monoisotopic (exact) mass is 1260 g/mol. The third kappa shape index (κ3) is 25.1. The lowest BCUT2D eigenvalue weighted by molar-refractivity contribution is -0.145. The number of phenolic OH excluding ortho intramolecular Hbond substituents is 1. The van der Waals surface area contributed by atoms with Crippen LogP contribution in [0.1, 0.15) is 99.0 Å². The van der Waals surface area contributed by atoms with Gasteiger partial charge in [-0.25, -0.2) is 0 Å². The minimum atomic E-state index is -1.73. The van der Waals surface area contributed by atoms with E-state index in [4.69, 9.17) is 10.8 Å². The molecule has 12 amide bonds. The van der Waals surface area contributed by atoms with E-state index in [9.17, 15) is 92.3 Å². The Morgan fingerprint density at radius 1 is 0.580 bits per heavy atom. The van der Waals surface area contributed by atoms with E-state index in [1.165, 1.54) is 54.8 Å². The lowest BCUT2D eigenvalue weighted by Crippen LogP contribution is -2.61. The second-order valence-corrected chi connectivity index (χ2v) is 22.8. The fraction of sp³-hybridized carbons (Fsp3) is 0.618. The summed E-state index contributed by atoms with van der Waals surface area (Å²) in [5, 5.41) is 71.7. The first-order valence-electron chi connectivity index (χ1n) is 28.3. The predicted octanol–water partition coefficient (Wildman–Crippen LogP) is -5.09. The molecular formula is C55H84N12O20S. The number of nitrogens with two attached hydrogens (primary N) is 1. The smallest absolute Gasteiger partial charge is 0.303 e. The zero-order valence-electron chi connectivity index (χ0n) is 50.3. The molecule has 32 nitrogen and oxygen atoms in total. The van der Waals surface area contributed by atoms with Crippen LogP contribution in [0.15, 0.2) is 24.3 Å². The summed E-state index contributed by atoms with van der Waals surface area (Å²) >= 11 is 1.27. The van der Waals surface area contributed by atoms with Crippen LogP contribution < -0.4 is 58.9 Å². The van der Waals surface area contributed by atoms with Crippen LogP contribution in [0.25, 0.3) is 0 Å². The maximum absolute atomic E-state index is 14.3. The number of carboxylic acids is 2. The topological polar surface area (TPSA) is 507 Å². The minimum Gasteiger partial charge on any atom is -0.508 e. The largest absolute Gasteiger partial charge is 0.508 e. The van der Waals surface area contributed by atoms with E-state index < -0.39 is 206 Å². The number of hydrogen-bond acceptors (Lipinski definition) is 19. The van der Waals surface area contributed by atoms with Crippen molar-refractivity contribution in [2.75, 3.05) is 38.3 Å². The Kier molecular flexibility index (Phi) is 32.0. The average Bonchev–Trinajstić information content (AvgIpc) is 3.74. The minimum absolute atomic E-state index is 0.0182. The number of primary amides is 1. The molecule has 1 aromatic rings. The highest BCUT2D eigenvalue weighted by atomic mass is 32.2. The van der Waals surface area contributed by atoms with Crippen LogP contribution in [-0.2, 0) is 78.3 Å². The number of hydrogen-bond donors (Lipinski definition) is 16. The number of benzene rings is 1. The lowest BCUT2D eigenvalue weighted by atomic mass is 9.97. The first-order valence-corrected chi connectivity index (χ1v) is 29.7. The second-order valence-electron chi connectivity index (χ2n) is 21.8. The number of carboxylic acid groups (broad SMARTS) is 2. The van der Waals surface area contributed by atoms with Gasteiger partial charge in [0.05, 0.1) is 25.8 Å². The quantitative estimate of drug-likeness (QED) is 0.0276. The highest BCUT2D eigenvalue weighted by molar-refractivity contribution is 7.98. The molecule has 0 saturated carbocycles. The van der Waals surface area contributed by atoms with Gasteiger partial charge in [0, 0.05) is 32.7 Å². The number of aliphatic hydroxyl groups excluding tert-OH is 2. The number of Topliss-reactive ketones (excluding diaryl/α,β-unsaturated/α-hetero) is 1. The Morgan fingerprint density at radius 3 is 1.55 bits per heavy atom. The third-order valence-electron chi connectivity index (χ3n) is 13.7. The van der Waals surface area contributed by atoms with E-state index in [1.54, 1.807) is 34.0 Å². The van der Waals surface area contributed by atoms with E-state index in [2.05, 4.69) is 53.2 Å². The summed E-state index contributed by atoms with van der Waals surface area (Å²) in [4.78, 5) is 198. The zero-order valence-corrected chi connectivity index (χ0v) is 51.1. The molecule has 1 aliphatic rings. The molecule has 1 heterocycles. The fourth-order valence-corrected chi connectivity index (χ4v) is 9.31. The van der Waals surface area contributed by atoms with E-state index >= 15 is 0 Å². The van der Waals surface area contributed by atoms with Gasteiger partial charge in [0.2, 0.25) is 70.8 Å².